The summed E-state index contributed by atoms with van der Waals surface area (Å²) in [6, 6.07) is 5.88. The number of rotatable bonds is 1. The van der Waals surface area contributed by atoms with Crippen LogP contribution in [0.2, 0.25) is 0 Å². The molecule has 64 valence electrons. The molecule has 1 nitrogen and oxygen atoms in total. The normalized spacial score (nSPS) is 20.9. The molecule has 0 aliphatic heterocycles. The Morgan fingerprint density at radius 2 is 2.33 bits per heavy atom. The molecule has 0 heterocycles. The minimum atomic E-state index is 0.489. The van der Waals surface area contributed by atoms with Crippen molar-refractivity contribution in [2.24, 2.45) is 0 Å². The molecule has 1 aromatic rings. The van der Waals surface area contributed by atoms with Crippen molar-refractivity contribution in [3.05, 3.63) is 29.3 Å². The van der Waals surface area contributed by atoms with Crippen LogP contribution in [0.1, 0.15) is 36.8 Å². The molecule has 0 saturated heterocycles. The van der Waals surface area contributed by atoms with Gasteiger partial charge in [-0.2, -0.15) is 0 Å². The summed E-state index contributed by atoms with van der Waals surface area (Å²) >= 11 is 0. The lowest BCUT2D eigenvalue weighted by Gasteiger charge is -2.07. The van der Waals surface area contributed by atoms with E-state index in [1.54, 1.807) is 6.07 Å². The van der Waals surface area contributed by atoms with Crippen LogP contribution in [0.3, 0.4) is 0 Å². The highest BCUT2D eigenvalue weighted by atomic mass is 16.3. The number of hydrogen-bond donors (Lipinski definition) is 1. The first-order valence-corrected chi connectivity index (χ1v) is 4.63. The molecule has 1 aliphatic rings. The van der Waals surface area contributed by atoms with Crippen LogP contribution in [0.15, 0.2) is 18.2 Å². The van der Waals surface area contributed by atoms with Crippen molar-refractivity contribution in [3.63, 3.8) is 0 Å². The summed E-state index contributed by atoms with van der Waals surface area (Å²) < 4.78 is 0. The molecule has 0 spiro atoms. The summed E-state index contributed by atoms with van der Waals surface area (Å²) in [7, 11) is 0. The molecule has 1 aromatic carbocycles. The van der Waals surface area contributed by atoms with Gasteiger partial charge < -0.3 is 5.11 Å². The molecule has 1 N–H and O–H groups in total. The van der Waals surface area contributed by atoms with E-state index in [9.17, 15) is 5.11 Å². The second-order valence-corrected chi connectivity index (χ2v) is 3.49. The highest BCUT2D eigenvalue weighted by Crippen LogP contribution is 2.39. The minimum Gasteiger partial charge on any atom is -0.508 e. The molecule has 0 fully saturated rings. The van der Waals surface area contributed by atoms with Crippen molar-refractivity contribution in [1.82, 2.24) is 0 Å². The number of benzene rings is 1. The summed E-state index contributed by atoms with van der Waals surface area (Å²) in [6.07, 6.45) is 3.46. The van der Waals surface area contributed by atoms with Crippen LogP contribution in [0.5, 0.6) is 5.75 Å². The number of phenols is 1. The first-order valence-electron chi connectivity index (χ1n) is 4.63. The van der Waals surface area contributed by atoms with Gasteiger partial charge in [0.05, 0.1) is 0 Å². The van der Waals surface area contributed by atoms with Gasteiger partial charge >= 0.3 is 0 Å². The molecule has 2 rings (SSSR count). The lowest BCUT2D eigenvalue weighted by Crippen LogP contribution is -1.89. The molecule has 0 aromatic heterocycles. The van der Waals surface area contributed by atoms with Crippen molar-refractivity contribution in [2.45, 2.75) is 32.1 Å². The number of phenolic OH excluding ortho intramolecular Hbond substituents is 1. The second-order valence-electron chi connectivity index (χ2n) is 3.49. The van der Waals surface area contributed by atoms with E-state index in [4.69, 9.17) is 0 Å². The summed E-state index contributed by atoms with van der Waals surface area (Å²) in [5.41, 5.74) is 2.56. The van der Waals surface area contributed by atoms with Crippen LogP contribution in [0.25, 0.3) is 0 Å². The highest BCUT2D eigenvalue weighted by molar-refractivity contribution is 5.44. The highest BCUT2D eigenvalue weighted by Gasteiger charge is 2.22. The van der Waals surface area contributed by atoms with E-state index >= 15 is 0 Å². The zero-order valence-corrected chi connectivity index (χ0v) is 7.38. The van der Waals surface area contributed by atoms with Crippen LogP contribution in [0.4, 0.5) is 0 Å². The molecule has 1 unspecified atom stereocenters. The third-order valence-electron chi connectivity index (χ3n) is 2.86. The Balaban J connectivity index is 2.46. The van der Waals surface area contributed by atoms with Crippen LogP contribution in [-0.2, 0) is 6.42 Å². The maximum atomic E-state index is 9.54. The van der Waals surface area contributed by atoms with Crippen molar-refractivity contribution in [1.29, 1.82) is 0 Å². The summed E-state index contributed by atoms with van der Waals surface area (Å²) in [5.74, 6) is 1.18. The molecule has 1 heteroatoms. The Morgan fingerprint density at radius 3 is 3.08 bits per heavy atom. The lowest BCUT2D eigenvalue weighted by atomic mass is 9.99. The predicted molar refractivity (Wildman–Crippen MR) is 49.5 cm³/mol. The standard InChI is InChI=1S/C11H14O/c1-2-8-6-7-10-9(8)4-3-5-11(10)12/h3-5,8,12H,2,6-7H2,1H3. The summed E-state index contributed by atoms with van der Waals surface area (Å²) in [6.45, 7) is 2.21. The largest absolute Gasteiger partial charge is 0.508 e. The van der Waals surface area contributed by atoms with Crippen LogP contribution in [-0.4, -0.2) is 5.11 Å². The fraction of sp³-hybridized carbons (Fsp3) is 0.455. The van der Waals surface area contributed by atoms with Gasteiger partial charge in [0.15, 0.2) is 0 Å². The van der Waals surface area contributed by atoms with E-state index in [1.165, 1.54) is 24.0 Å². The van der Waals surface area contributed by atoms with E-state index < -0.39 is 0 Å². The first-order chi connectivity index (χ1) is 5.83. The van der Waals surface area contributed by atoms with E-state index in [-0.39, 0.29) is 0 Å². The second kappa shape index (κ2) is 2.81. The van der Waals surface area contributed by atoms with Crippen LogP contribution >= 0.6 is 0 Å². The maximum absolute atomic E-state index is 9.54. The zero-order valence-electron chi connectivity index (χ0n) is 7.38. The number of aromatic hydroxyl groups is 1. The Kier molecular flexibility index (Phi) is 1.80. The number of fused-ring (bicyclic) bond motifs is 1. The third-order valence-corrected chi connectivity index (χ3v) is 2.86. The van der Waals surface area contributed by atoms with E-state index in [0.29, 0.717) is 11.7 Å². The maximum Gasteiger partial charge on any atom is 0.119 e. The molecule has 12 heavy (non-hydrogen) atoms. The van der Waals surface area contributed by atoms with E-state index in [1.807, 2.05) is 6.07 Å². The topological polar surface area (TPSA) is 20.2 Å². The van der Waals surface area contributed by atoms with Gasteiger partial charge in [-0.15, -0.1) is 0 Å². The molecule has 0 amide bonds. The Hall–Kier alpha value is -0.980. The molecule has 0 saturated carbocycles. The molecular formula is C11H14O. The smallest absolute Gasteiger partial charge is 0.119 e. The SMILES string of the molecule is CCC1CCc2c(O)cccc21. The van der Waals surface area contributed by atoms with Gasteiger partial charge in [0.25, 0.3) is 0 Å². The van der Waals surface area contributed by atoms with Crippen molar-refractivity contribution in [2.75, 3.05) is 0 Å². The van der Waals surface area contributed by atoms with Gasteiger partial charge in [0.2, 0.25) is 0 Å². The molecule has 1 aliphatic carbocycles. The van der Waals surface area contributed by atoms with E-state index in [2.05, 4.69) is 13.0 Å². The molecule has 0 bridgehead atoms. The minimum absolute atomic E-state index is 0.489. The molecule has 1 atom stereocenters. The predicted octanol–water partition coefficient (Wildman–Crippen LogP) is 2.83. The van der Waals surface area contributed by atoms with Crippen molar-refractivity contribution in [3.8, 4) is 5.75 Å². The van der Waals surface area contributed by atoms with Gasteiger partial charge in [-0.3, -0.25) is 0 Å². The zero-order chi connectivity index (χ0) is 8.55. The molecule has 0 radical (unpaired) electrons. The Labute approximate surface area is 73.0 Å². The van der Waals surface area contributed by atoms with Gasteiger partial charge in [-0.1, -0.05) is 19.1 Å². The summed E-state index contributed by atoms with van der Waals surface area (Å²) in [4.78, 5) is 0. The van der Waals surface area contributed by atoms with E-state index in [0.717, 1.165) is 6.42 Å². The average Bonchev–Trinajstić information content (AvgIpc) is 2.49. The molecular weight excluding hydrogens is 148 g/mol. The van der Waals surface area contributed by atoms with Crippen LogP contribution in [0, 0.1) is 0 Å². The monoisotopic (exact) mass is 162 g/mol. The van der Waals surface area contributed by atoms with Crippen molar-refractivity contribution < 1.29 is 5.11 Å². The fourth-order valence-corrected chi connectivity index (χ4v) is 2.14. The Morgan fingerprint density at radius 1 is 1.50 bits per heavy atom. The fourth-order valence-electron chi connectivity index (χ4n) is 2.14. The Bertz CT molecular complexity index is 291. The van der Waals surface area contributed by atoms with Crippen molar-refractivity contribution >= 4 is 0 Å². The van der Waals surface area contributed by atoms with Gasteiger partial charge in [-0.05, 0) is 42.4 Å². The third kappa shape index (κ3) is 1.01. The quantitative estimate of drug-likeness (QED) is 0.673. The van der Waals surface area contributed by atoms with Crippen LogP contribution < -0.4 is 0 Å². The lowest BCUT2D eigenvalue weighted by molar-refractivity contribution is 0.469. The van der Waals surface area contributed by atoms with Gasteiger partial charge in [-0.25, -0.2) is 0 Å². The first kappa shape index (κ1) is 7.66. The van der Waals surface area contributed by atoms with Gasteiger partial charge in [0.1, 0.15) is 5.75 Å². The average molecular weight is 162 g/mol. The van der Waals surface area contributed by atoms with Gasteiger partial charge in [0, 0.05) is 0 Å². The summed E-state index contributed by atoms with van der Waals surface area (Å²) in [5, 5.41) is 9.54. The number of hydrogen-bond acceptors (Lipinski definition) is 1.